The molecule has 0 radical (unpaired) electrons. The van der Waals surface area contributed by atoms with Gasteiger partial charge in [-0.1, -0.05) is 19.8 Å². The Kier molecular flexibility index (Phi) is 8.30. The highest BCUT2D eigenvalue weighted by molar-refractivity contribution is 5.66. The Balaban J connectivity index is 0.000000307. The SMILES string of the molecule is CCCCCC(=O)O.Nc1ncn([C@H]2C[C@H](O)[C@@H](CO)O2)c(=O)n1. The van der Waals surface area contributed by atoms with Crippen molar-refractivity contribution in [3.8, 4) is 0 Å². The fraction of sp³-hybridized carbons (Fsp3) is 0.714. The Morgan fingerprint density at radius 3 is 2.71 bits per heavy atom. The van der Waals surface area contributed by atoms with Crippen LogP contribution >= 0.6 is 0 Å². The first kappa shape index (κ1) is 20.0. The van der Waals surface area contributed by atoms with Gasteiger partial charge in [-0.15, -0.1) is 0 Å². The number of unbranched alkanes of at least 4 members (excludes halogenated alkanes) is 2. The number of anilines is 1. The lowest BCUT2D eigenvalue weighted by Crippen LogP contribution is -2.28. The van der Waals surface area contributed by atoms with E-state index in [9.17, 15) is 14.7 Å². The Labute approximate surface area is 138 Å². The van der Waals surface area contributed by atoms with Crippen molar-refractivity contribution in [3.05, 3.63) is 16.8 Å². The molecule has 0 unspecified atom stereocenters. The summed E-state index contributed by atoms with van der Waals surface area (Å²) in [5.74, 6) is -0.794. The maximum absolute atomic E-state index is 11.4. The van der Waals surface area contributed by atoms with E-state index >= 15 is 0 Å². The number of rotatable bonds is 6. The van der Waals surface area contributed by atoms with Crippen LogP contribution in [0.5, 0.6) is 0 Å². The van der Waals surface area contributed by atoms with E-state index in [1.807, 2.05) is 0 Å². The van der Waals surface area contributed by atoms with Gasteiger partial charge in [0.15, 0.2) is 0 Å². The average Bonchev–Trinajstić information content (AvgIpc) is 2.88. The maximum Gasteiger partial charge on any atom is 0.354 e. The molecule has 1 aliphatic heterocycles. The second kappa shape index (κ2) is 9.96. The van der Waals surface area contributed by atoms with Crippen LogP contribution in [0.3, 0.4) is 0 Å². The number of carboxylic acids is 1. The molecule has 2 heterocycles. The van der Waals surface area contributed by atoms with Gasteiger partial charge >= 0.3 is 11.7 Å². The summed E-state index contributed by atoms with van der Waals surface area (Å²) in [6, 6.07) is 0. The van der Waals surface area contributed by atoms with Gasteiger partial charge in [-0.25, -0.2) is 9.78 Å². The summed E-state index contributed by atoms with van der Waals surface area (Å²) in [4.78, 5) is 28.4. The molecule has 0 spiro atoms. The molecule has 1 aliphatic rings. The Morgan fingerprint density at radius 2 is 2.21 bits per heavy atom. The zero-order chi connectivity index (χ0) is 18.1. The number of carboxylic acid groups (broad SMARTS) is 1. The van der Waals surface area contributed by atoms with Gasteiger partial charge in [-0.05, 0) is 6.42 Å². The number of ether oxygens (including phenoxy) is 1. The second-order valence-electron chi connectivity index (χ2n) is 5.37. The minimum absolute atomic E-state index is 0.112. The van der Waals surface area contributed by atoms with Crippen molar-refractivity contribution >= 4 is 11.9 Å². The molecule has 10 nitrogen and oxygen atoms in total. The molecule has 0 aliphatic carbocycles. The Morgan fingerprint density at radius 1 is 1.50 bits per heavy atom. The van der Waals surface area contributed by atoms with Crippen LogP contribution in [0, 0.1) is 0 Å². The summed E-state index contributed by atoms with van der Waals surface area (Å²) in [5.41, 5.74) is 4.65. The highest BCUT2D eigenvalue weighted by atomic mass is 16.5. The number of aliphatic hydroxyl groups excluding tert-OH is 2. The van der Waals surface area contributed by atoms with Crippen molar-refractivity contribution < 1.29 is 24.9 Å². The van der Waals surface area contributed by atoms with Gasteiger partial charge in [0.25, 0.3) is 0 Å². The zero-order valence-electron chi connectivity index (χ0n) is 13.5. The van der Waals surface area contributed by atoms with Crippen LogP contribution in [0.15, 0.2) is 11.1 Å². The third kappa shape index (κ3) is 6.22. The largest absolute Gasteiger partial charge is 0.481 e. The number of nitrogens with two attached hydrogens (primary N) is 1. The normalized spacial score (nSPS) is 22.7. The first-order chi connectivity index (χ1) is 11.4. The summed E-state index contributed by atoms with van der Waals surface area (Å²) >= 11 is 0. The van der Waals surface area contributed by atoms with E-state index in [4.69, 9.17) is 20.7 Å². The molecular formula is C14H24N4O6. The lowest BCUT2D eigenvalue weighted by Gasteiger charge is -2.13. The van der Waals surface area contributed by atoms with Crippen LogP contribution in [0.1, 0.15) is 45.3 Å². The van der Waals surface area contributed by atoms with Gasteiger partial charge in [0.2, 0.25) is 5.95 Å². The van der Waals surface area contributed by atoms with E-state index in [1.165, 1.54) is 6.33 Å². The fourth-order valence-corrected chi connectivity index (χ4v) is 2.13. The van der Waals surface area contributed by atoms with Crippen molar-refractivity contribution in [2.75, 3.05) is 12.3 Å². The van der Waals surface area contributed by atoms with Crippen molar-refractivity contribution in [2.24, 2.45) is 0 Å². The quantitative estimate of drug-likeness (QED) is 0.499. The van der Waals surface area contributed by atoms with Gasteiger partial charge in [0.05, 0.1) is 12.7 Å². The molecule has 0 bridgehead atoms. The summed E-state index contributed by atoms with van der Waals surface area (Å²) in [6.07, 6.45) is 2.54. The number of aliphatic hydroxyl groups is 2. The first-order valence-corrected chi connectivity index (χ1v) is 7.75. The molecule has 1 fully saturated rings. The van der Waals surface area contributed by atoms with E-state index in [0.717, 1.165) is 23.8 Å². The summed E-state index contributed by atoms with van der Waals surface area (Å²) < 4.78 is 6.41. The highest BCUT2D eigenvalue weighted by Gasteiger charge is 2.35. The number of nitrogens with zero attached hydrogens (tertiary/aromatic N) is 3. The number of hydrogen-bond acceptors (Lipinski definition) is 8. The molecule has 24 heavy (non-hydrogen) atoms. The number of aromatic nitrogens is 3. The van der Waals surface area contributed by atoms with E-state index in [-0.39, 0.29) is 19.0 Å². The van der Waals surface area contributed by atoms with Crippen LogP contribution in [0.25, 0.3) is 0 Å². The number of aliphatic carboxylic acids is 1. The van der Waals surface area contributed by atoms with Crippen LogP contribution < -0.4 is 11.4 Å². The molecule has 0 aromatic carbocycles. The van der Waals surface area contributed by atoms with Gasteiger partial charge < -0.3 is 25.8 Å². The summed E-state index contributed by atoms with van der Waals surface area (Å²) in [6.45, 7) is 1.75. The fourth-order valence-electron chi connectivity index (χ4n) is 2.13. The molecule has 1 aromatic heterocycles. The van der Waals surface area contributed by atoms with E-state index < -0.39 is 30.1 Å². The highest BCUT2D eigenvalue weighted by Crippen LogP contribution is 2.26. The molecule has 5 N–H and O–H groups in total. The predicted molar refractivity (Wildman–Crippen MR) is 84.1 cm³/mol. The van der Waals surface area contributed by atoms with Gasteiger partial charge in [-0.2, -0.15) is 4.98 Å². The minimum Gasteiger partial charge on any atom is -0.481 e. The monoisotopic (exact) mass is 344 g/mol. The third-order valence-corrected chi connectivity index (χ3v) is 3.43. The Hall–Kier alpha value is -2.04. The zero-order valence-corrected chi connectivity index (χ0v) is 13.5. The standard InChI is InChI=1S/C8H12N4O4.C6H12O2/c9-7-10-3-12(8(15)11-7)6-1-4(14)5(2-13)16-6;1-2-3-4-5-6(7)8/h3-6,13-14H,1-2H2,(H2,9,11,15);2-5H2,1H3,(H,7,8)/t4-,5+,6+;/m0./s1. The van der Waals surface area contributed by atoms with Crippen molar-refractivity contribution in [2.45, 2.75) is 57.5 Å². The molecular weight excluding hydrogens is 320 g/mol. The predicted octanol–water partition coefficient (Wildman–Crippen LogP) is -0.487. The van der Waals surface area contributed by atoms with Crippen LogP contribution in [-0.2, 0) is 9.53 Å². The van der Waals surface area contributed by atoms with Crippen LogP contribution in [0.2, 0.25) is 0 Å². The van der Waals surface area contributed by atoms with Gasteiger partial charge in [0.1, 0.15) is 18.7 Å². The first-order valence-electron chi connectivity index (χ1n) is 7.75. The number of nitrogen functional groups attached to an aromatic ring is 1. The molecule has 1 saturated heterocycles. The Bertz CT molecular complexity index is 579. The molecule has 2 rings (SSSR count). The average molecular weight is 344 g/mol. The molecule has 136 valence electrons. The van der Waals surface area contributed by atoms with Crippen molar-refractivity contribution in [1.29, 1.82) is 0 Å². The van der Waals surface area contributed by atoms with E-state index in [0.29, 0.717) is 6.42 Å². The smallest absolute Gasteiger partial charge is 0.354 e. The number of hydrogen-bond donors (Lipinski definition) is 4. The summed E-state index contributed by atoms with van der Waals surface area (Å²) in [7, 11) is 0. The lowest BCUT2D eigenvalue weighted by molar-refractivity contribution is -0.137. The number of carbonyl (C=O) groups is 1. The van der Waals surface area contributed by atoms with E-state index in [1.54, 1.807) is 0 Å². The molecule has 10 heteroatoms. The topological polar surface area (TPSA) is 161 Å². The van der Waals surface area contributed by atoms with Crippen molar-refractivity contribution in [1.82, 2.24) is 14.5 Å². The van der Waals surface area contributed by atoms with Gasteiger partial charge in [-0.3, -0.25) is 9.36 Å². The van der Waals surface area contributed by atoms with Crippen molar-refractivity contribution in [3.63, 3.8) is 0 Å². The molecule has 0 amide bonds. The third-order valence-electron chi connectivity index (χ3n) is 3.43. The maximum atomic E-state index is 11.4. The molecule has 3 atom stereocenters. The van der Waals surface area contributed by atoms with E-state index in [2.05, 4.69) is 16.9 Å². The second-order valence-corrected chi connectivity index (χ2v) is 5.37. The van der Waals surface area contributed by atoms with Gasteiger partial charge in [0, 0.05) is 12.8 Å². The molecule has 0 saturated carbocycles. The summed E-state index contributed by atoms with van der Waals surface area (Å²) in [5, 5.41) is 26.5. The molecule has 1 aromatic rings. The lowest BCUT2D eigenvalue weighted by atomic mass is 10.2. The van der Waals surface area contributed by atoms with Crippen LogP contribution in [0.4, 0.5) is 5.95 Å². The van der Waals surface area contributed by atoms with Crippen LogP contribution in [-0.4, -0.2) is 54.6 Å². The minimum atomic E-state index is -0.806.